The van der Waals surface area contributed by atoms with E-state index >= 15 is 0 Å². The van der Waals surface area contributed by atoms with Gasteiger partial charge >= 0.3 is 0 Å². The summed E-state index contributed by atoms with van der Waals surface area (Å²) >= 11 is 0. The van der Waals surface area contributed by atoms with Crippen LogP contribution in [0.25, 0.3) is 32.7 Å². The molecule has 1 aromatic carbocycles. The molecular formula is C22H27N5. The van der Waals surface area contributed by atoms with Gasteiger partial charge in [-0.3, -0.25) is 9.97 Å². The van der Waals surface area contributed by atoms with Gasteiger partial charge in [-0.2, -0.15) is 0 Å². The zero-order valence-electron chi connectivity index (χ0n) is 16.4. The van der Waals surface area contributed by atoms with Gasteiger partial charge in [0.2, 0.25) is 0 Å². The maximum Gasteiger partial charge on any atom is 0.0743 e. The van der Waals surface area contributed by atoms with Crippen LogP contribution in [0.5, 0.6) is 0 Å². The van der Waals surface area contributed by atoms with Crippen LogP contribution in [0.2, 0.25) is 0 Å². The van der Waals surface area contributed by atoms with Crippen LogP contribution in [0, 0.1) is 0 Å². The highest BCUT2D eigenvalue weighted by molar-refractivity contribution is 6.13. The Morgan fingerprint density at radius 3 is 2.67 bits per heavy atom. The summed E-state index contributed by atoms with van der Waals surface area (Å²) in [5, 5.41) is 7.21. The largest absolute Gasteiger partial charge is 0.384 e. The van der Waals surface area contributed by atoms with E-state index in [1.807, 2.05) is 18.6 Å². The number of anilines is 1. The first-order valence-corrected chi connectivity index (χ1v) is 9.80. The predicted molar refractivity (Wildman–Crippen MR) is 114 cm³/mol. The van der Waals surface area contributed by atoms with E-state index in [2.05, 4.69) is 69.9 Å². The first-order chi connectivity index (χ1) is 13.2. The van der Waals surface area contributed by atoms with E-state index in [0.717, 1.165) is 43.8 Å². The summed E-state index contributed by atoms with van der Waals surface area (Å²) in [6, 6.07) is 8.59. The zero-order valence-corrected chi connectivity index (χ0v) is 16.4. The fourth-order valence-corrected chi connectivity index (χ4v) is 3.91. The highest BCUT2D eigenvalue weighted by atomic mass is 15.1. The van der Waals surface area contributed by atoms with Crippen molar-refractivity contribution in [1.82, 2.24) is 19.4 Å². The second-order valence-electron chi connectivity index (χ2n) is 7.00. The van der Waals surface area contributed by atoms with Crippen LogP contribution in [-0.2, 0) is 7.05 Å². The van der Waals surface area contributed by atoms with Crippen molar-refractivity contribution in [1.29, 1.82) is 0 Å². The summed E-state index contributed by atoms with van der Waals surface area (Å²) in [6.45, 7) is 8.76. The monoisotopic (exact) mass is 361 g/mol. The molecule has 0 fully saturated rings. The van der Waals surface area contributed by atoms with Crippen LogP contribution in [-0.4, -0.2) is 45.6 Å². The van der Waals surface area contributed by atoms with E-state index in [4.69, 9.17) is 0 Å². The van der Waals surface area contributed by atoms with Crippen molar-refractivity contribution in [2.24, 2.45) is 7.05 Å². The minimum absolute atomic E-state index is 0.963. The van der Waals surface area contributed by atoms with Gasteiger partial charge in [-0.1, -0.05) is 13.8 Å². The van der Waals surface area contributed by atoms with Gasteiger partial charge in [-0.25, -0.2) is 0 Å². The zero-order chi connectivity index (χ0) is 18.8. The Bertz CT molecular complexity index is 1080. The number of nitrogens with zero attached hydrogens (tertiary/aromatic N) is 4. The lowest BCUT2D eigenvalue weighted by Crippen LogP contribution is -2.25. The standard InChI is InChI=1S/C22H27N5/c1-4-27(5-2)12-6-9-24-19-7-11-25-20-14-22-16(13-17(19)20)18-15-23-10-8-21(18)26(22)3/h7-8,10-11,13-15H,4-6,9,12H2,1-3H3,(H,24,25). The van der Waals surface area contributed by atoms with Crippen molar-refractivity contribution >= 4 is 38.4 Å². The van der Waals surface area contributed by atoms with Gasteiger partial charge in [0.05, 0.1) is 16.6 Å². The van der Waals surface area contributed by atoms with E-state index in [1.54, 1.807) is 0 Å². The minimum Gasteiger partial charge on any atom is -0.384 e. The van der Waals surface area contributed by atoms with Crippen molar-refractivity contribution in [3.63, 3.8) is 0 Å². The molecule has 0 aliphatic carbocycles. The predicted octanol–water partition coefficient (Wildman–Crippen LogP) is 4.42. The Hall–Kier alpha value is -2.66. The van der Waals surface area contributed by atoms with Gasteiger partial charge in [0.25, 0.3) is 0 Å². The van der Waals surface area contributed by atoms with Gasteiger partial charge in [-0.15, -0.1) is 0 Å². The van der Waals surface area contributed by atoms with E-state index in [9.17, 15) is 0 Å². The van der Waals surface area contributed by atoms with Crippen LogP contribution >= 0.6 is 0 Å². The van der Waals surface area contributed by atoms with Crippen molar-refractivity contribution in [2.75, 3.05) is 31.5 Å². The number of fused-ring (bicyclic) bond motifs is 4. The summed E-state index contributed by atoms with van der Waals surface area (Å²) in [7, 11) is 2.10. The second kappa shape index (κ2) is 7.53. The molecule has 5 heteroatoms. The maximum absolute atomic E-state index is 4.61. The van der Waals surface area contributed by atoms with E-state index < -0.39 is 0 Å². The number of nitrogens with one attached hydrogen (secondary N) is 1. The Kier molecular flexibility index (Phi) is 4.94. The van der Waals surface area contributed by atoms with Crippen molar-refractivity contribution < 1.29 is 0 Å². The number of pyridine rings is 2. The first-order valence-electron chi connectivity index (χ1n) is 9.80. The fraction of sp³-hybridized carbons (Fsp3) is 0.364. The molecule has 3 heterocycles. The molecule has 5 nitrogen and oxygen atoms in total. The highest BCUT2D eigenvalue weighted by Gasteiger charge is 2.11. The Balaban J connectivity index is 1.68. The quantitative estimate of drug-likeness (QED) is 0.495. The molecule has 0 radical (unpaired) electrons. The fourth-order valence-electron chi connectivity index (χ4n) is 3.91. The van der Waals surface area contributed by atoms with Crippen LogP contribution in [0.3, 0.4) is 0 Å². The molecule has 4 rings (SSSR count). The van der Waals surface area contributed by atoms with E-state index in [0.29, 0.717) is 0 Å². The number of benzene rings is 1. The molecule has 140 valence electrons. The van der Waals surface area contributed by atoms with E-state index in [-0.39, 0.29) is 0 Å². The third kappa shape index (κ3) is 3.23. The summed E-state index contributed by atoms with van der Waals surface area (Å²) in [5.41, 5.74) is 4.57. The summed E-state index contributed by atoms with van der Waals surface area (Å²) in [4.78, 5) is 11.4. The lowest BCUT2D eigenvalue weighted by atomic mass is 10.1. The number of rotatable bonds is 7. The SMILES string of the molecule is CCN(CC)CCCNc1ccnc2cc3c(cc12)c1cnccc1n3C. The smallest absolute Gasteiger partial charge is 0.0743 e. The lowest BCUT2D eigenvalue weighted by molar-refractivity contribution is 0.303. The van der Waals surface area contributed by atoms with Crippen molar-refractivity contribution in [3.05, 3.63) is 42.9 Å². The third-order valence-electron chi connectivity index (χ3n) is 5.53. The van der Waals surface area contributed by atoms with Gasteiger partial charge in [0, 0.05) is 54.0 Å². The van der Waals surface area contributed by atoms with Gasteiger partial charge in [0.15, 0.2) is 0 Å². The molecule has 0 atom stereocenters. The van der Waals surface area contributed by atoms with Crippen LogP contribution in [0.1, 0.15) is 20.3 Å². The van der Waals surface area contributed by atoms with Crippen LogP contribution in [0.15, 0.2) is 42.9 Å². The molecule has 0 saturated heterocycles. The van der Waals surface area contributed by atoms with Gasteiger partial charge < -0.3 is 14.8 Å². The normalized spacial score (nSPS) is 11.9. The van der Waals surface area contributed by atoms with Crippen LogP contribution in [0.4, 0.5) is 5.69 Å². The molecule has 0 aliphatic rings. The number of aromatic nitrogens is 3. The maximum atomic E-state index is 4.61. The Morgan fingerprint density at radius 2 is 1.85 bits per heavy atom. The number of hydrogen-bond acceptors (Lipinski definition) is 4. The molecule has 27 heavy (non-hydrogen) atoms. The molecule has 0 unspecified atom stereocenters. The third-order valence-corrected chi connectivity index (χ3v) is 5.53. The van der Waals surface area contributed by atoms with Crippen molar-refractivity contribution in [2.45, 2.75) is 20.3 Å². The summed E-state index contributed by atoms with van der Waals surface area (Å²) in [6.07, 6.45) is 6.83. The Morgan fingerprint density at radius 1 is 1.00 bits per heavy atom. The van der Waals surface area contributed by atoms with Gasteiger partial charge in [-0.05, 0) is 50.3 Å². The average molecular weight is 361 g/mol. The molecule has 3 aromatic heterocycles. The molecule has 0 spiro atoms. The molecule has 4 aromatic rings. The average Bonchev–Trinajstić information content (AvgIpc) is 2.99. The number of hydrogen-bond donors (Lipinski definition) is 1. The molecule has 1 N–H and O–H groups in total. The van der Waals surface area contributed by atoms with Gasteiger partial charge in [0.1, 0.15) is 0 Å². The van der Waals surface area contributed by atoms with E-state index in [1.165, 1.54) is 27.2 Å². The summed E-state index contributed by atoms with van der Waals surface area (Å²) in [5.74, 6) is 0. The first kappa shape index (κ1) is 17.7. The van der Waals surface area contributed by atoms with Crippen molar-refractivity contribution in [3.8, 4) is 0 Å². The highest BCUT2D eigenvalue weighted by Crippen LogP contribution is 2.32. The Labute approximate surface area is 160 Å². The second-order valence-corrected chi connectivity index (χ2v) is 7.00. The molecule has 0 saturated carbocycles. The topological polar surface area (TPSA) is 46.0 Å². The molecule has 0 aliphatic heterocycles. The number of aryl methyl sites for hydroxylation is 1. The summed E-state index contributed by atoms with van der Waals surface area (Å²) < 4.78 is 2.22. The van der Waals surface area contributed by atoms with Crippen LogP contribution < -0.4 is 5.32 Å². The molecule has 0 bridgehead atoms. The minimum atomic E-state index is 0.963. The molecular weight excluding hydrogens is 334 g/mol. The molecule has 0 amide bonds. The lowest BCUT2D eigenvalue weighted by Gasteiger charge is -2.18.